The molecule has 136 valence electrons. The van der Waals surface area contributed by atoms with Gasteiger partial charge in [-0.25, -0.2) is 9.78 Å². The second-order valence-electron chi connectivity index (χ2n) is 6.01. The van der Waals surface area contributed by atoms with E-state index >= 15 is 0 Å². The molecule has 1 aromatic heterocycles. The molecule has 6 nitrogen and oxygen atoms in total. The minimum Gasteiger partial charge on any atom is -0.482 e. The Bertz CT molecular complexity index is 984. The summed E-state index contributed by atoms with van der Waals surface area (Å²) in [6, 6.07) is 12.7. The fraction of sp³-hybridized carbons (Fsp3) is 0.150. The highest BCUT2D eigenvalue weighted by atomic mass is 32.1. The fourth-order valence-corrected chi connectivity index (χ4v) is 3.50. The molecule has 0 unspecified atom stereocenters. The standard InChI is InChI=1S/C20H16N2O4S/c1-25-20(24)14-4-2-13(3-5-14)9-22-17-8-15(16-11-27-12-21-16)6-7-18(17)26-10-19(22)23/h2-8,11-12H,9-10H2,1H3. The lowest BCUT2D eigenvalue weighted by molar-refractivity contribution is -0.121. The number of hydrogen-bond donors (Lipinski definition) is 0. The first kappa shape index (κ1) is 17.2. The van der Waals surface area contributed by atoms with Crippen LogP contribution in [0.1, 0.15) is 15.9 Å². The maximum atomic E-state index is 12.5. The van der Waals surface area contributed by atoms with Crippen LogP contribution in [-0.4, -0.2) is 30.6 Å². The Morgan fingerprint density at radius 1 is 1.26 bits per heavy atom. The van der Waals surface area contributed by atoms with E-state index in [1.807, 2.05) is 35.7 Å². The van der Waals surface area contributed by atoms with Gasteiger partial charge in [0.05, 0.1) is 36.1 Å². The minimum absolute atomic E-state index is 0.00327. The topological polar surface area (TPSA) is 68.7 Å². The van der Waals surface area contributed by atoms with Crippen LogP contribution in [0.5, 0.6) is 5.75 Å². The van der Waals surface area contributed by atoms with E-state index in [4.69, 9.17) is 9.47 Å². The number of aromatic nitrogens is 1. The maximum absolute atomic E-state index is 12.5. The molecule has 2 aromatic carbocycles. The third-order valence-corrected chi connectivity index (χ3v) is 4.93. The zero-order valence-electron chi connectivity index (χ0n) is 14.5. The Kier molecular flexibility index (Phi) is 4.60. The fourth-order valence-electron chi connectivity index (χ4n) is 2.94. The number of thiazole rings is 1. The van der Waals surface area contributed by atoms with Gasteiger partial charge in [-0.05, 0) is 35.9 Å². The first-order valence-corrected chi connectivity index (χ1v) is 9.23. The molecule has 0 saturated carbocycles. The lowest BCUT2D eigenvalue weighted by Crippen LogP contribution is -2.38. The van der Waals surface area contributed by atoms with Gasteiger partial charge in [0.1, 0.15) is 5.75 Å². The maximum Gasteiger partial charge on any atom is 0.337 e. The molecular formula is C20H16N2O4S. The van der Waals surface area contributed by atoms with Crippen molar-refractivity contribution >= 4 is 28.9 Å². The molecule has 4 rings (SSSR count). The van der Waals surface area contributed by atoms with Crippen LogP contribution in [0.2, 0.25) is 0 Å². The molecule has 1 aliphatic rings. The highest BCUT2D eigenvalue weighted by Gasteiger charge is 2.26. The number of methoxy groups -OCH3 is 1. The smallest absolute Gasteiger partial charge is 0.337 e. The van der Waals surface area contributed by atoms with Crippen molar-refractivity contribution in [1.82, 2.24) is 4.98 Å². The Hall–Kier alpha value is -3.19. The van der Waals surface area contributed by atoms with Crippen molar-refractivity contribution in [2.24, 2.45) is 0 Å². The molecular weight excluding hydrogens is 364 g/mol. The predicted molar refractivity (Wildman–Crippen MR) is 102 cm³/mol. The zero-order valence-corrected chi connectivity index (χ0v) is 15.4. The molecule has 0 fully saturated rings. The molecule has 27 heavy (non-hydrogen) atoms. The second kappa shape index (κ2) is 7.20. The van der Waals surface area contributed by atoms with Gasteiger partial charge in [0.15, 0.2) is 6.61 Å². The summed E-state index contributed by atoms with van der Waals surface area (Å²) in [6.07, 6.45) is 0. The van der Waals surface area contributed by atoms with E-state index in [0.717, 1.165) is 16.8 Å². The summed E-state index contributed by atoms with van der Waals surface area (Å²) in [7, 11) is 1.35. The van der Waals surface area contributed by atoms with Crippen molar-refractivity contribution in [3.63, 3.8) is 0 Å². The summed E-state index contributed by atoms with van der Waals surface area (Å²) < 4.78 is 10.3. The number of carbonyl (C=O) groups is 2. The van der Waals surface area contributed by atoms with Crippen molar-refractivity contribution in [2.45, 2.75) is 6.54 Å². The lowest BCUT2D eigenvalue weighted by atomic mass is 10.1. The normalized spacial score (nSPS) is 13.1. The lowest BCUT2D eigenvalue weighted by Gasteiger charge is -2.30. The number of anilines is 1. The summed E-state index contributed by atoms with van der Waals surface area (Å²) in [5.74, 6) is 0.164. The molecule has 0 saturated heterocycles. The molecule has 0 N–H and O–H groups in total. The van der Waals surface area contributed by atoms with Gasteiger partial charge in [0.25, 0.3) is 5.91 Å². The highest BCUT2D eigenvalue weighted by molar-refractivity contribution is 7.07. The highest BCUT2D eigenvalue weighted by Crippen LogP contribution is 2.36. The van der Waals surface area contributed by atoms with Crippen LogP contribution in [0, 0.1) is 0 Å². The average molecular weight is 380 g/mol. The number of ether oxygens (including phenoxy) is 2. The summed E-state index contributed by atoms with van der Waals surface area (Å²) in [5.41, 5.74) is 5.66. The van der Waals surface area contributed by atoms with E-state index in [-0.39, 0.29) is 18.5 Å². The van der Waals surface area contributed by atoms with Gasteiger partial charge in [0.2, 0.25) is 0 Å². The number of amides is 1. The Morgan fingerprint density at radius 2 is 2.07 bits per heavy atom. The number of nitrogens with zero attached hydrogens (tertiary/aromatic N) is 2. The van der Waals surface area contributed by atoms with Crippen LogP contribution in [0.4, 0.5) is 5.69 Å². The molecule has 1 amide bonds. The molecule has 3 aromatic rings. The molecule has 0 radical (unpaired) electrons. The number of esters is 1. The molecule has 7 heteroatoms. The van der Waals surface area contributed by atoms with Crippen molar-refractivity contribution in [3.8, 4) is 17.0 Å². The van der Waals surface area contributed by atoms with E-state index in [1.165, 1.54) is 18.4 Å². The Labute approximate surface area is 160 Å². The van der Waals surface area contributed by atoms with Crippen LogP contribution < -0.4 is 9.64 Å². The molecule has 0 atom stereocenters. The van der Waals surface area contributed by atoms with E-state index < -0.39 is 0 Å². The number of rotatable bonds is 4. The molecule has 0 aliphatic carbocycles. The van der Waals surface area contributed by atoms with E-state index in [0.29, 0.717) is 23.5 Å². The third kappa shape index (κ3) is 3.41. The van der Waals surface area contributed by atoms with Crippen LogP contribution in [0.25, 0.3) is 11.3 Å². The van der Waals surface area contributed by atoms with E-state index in [9.17, 15) is 9.59 Å². The minimum atomic E-state index is -0.387. The van der Waals surface area contributed by atoms with Crippen molar-refractivity contribution in [2.75, 3.05) is 18.6 Å². The van der Waals surface area contributed by atoms with Crippen LogP contribution in [-0.2, 0) is 16.1 Å². The van der Waals surface area contributed by atoms with Gasteiger partial charge in [-0.2, -0.15) is 0 Å². The molecule has 0 bridgehead atoms. The number of benzene rings is 2. The first-order valence-electron chi connectivity index (χ1n) is 8.29. The summed E-state index contributed by atoms with van der Waals surface area (Å²) in [4.78, 5) is 30.1. The van der Waals surface area contributed by atoms with Gasteiger partial charge in [-0.15, -0.1) is 11.3 Å². The van der Waals surface area contributed by atoms with Crippen molar-refractivity contribution in [3.05, 3.63) is 64.5 Å². The quantitative estimate of drug-likeness (QED) is 0.648. The number of carbonyl (C=O) groups excluding carboxylic acids is 2. The largest absolute Gasteiger partial charge is 0.482 e. The third-order valence-electron chi connectivity index (χ3n) is 4.35. The second-order valence-corrected chi connectivity index (χ2v) is 6.73. The number of hydrogen-bond acceptors (Lipinski definition) is 6. The summed E-state index contributed by atoms with van der Waals surface area (Å²) >= 11 is 1.52. The Balaban J connectivity index is 1.64. The van der Waals surface area contributed by atoms with Gasteiger partial charge in [0, 0.05) is 10.9 Å². The van der Waals surface area contributed by atoms with E-state index in [1.54, 1.807) is 22.5 Å². The number of fused-ring (bicyclic) bond motifs is 1. The Morgan fingerprint density at radius 3 is 2.78 bits per heavy atom. The zero-order chi connectivity index (χ0) is 18.8. The predicted octanol–water partition coefficient (Wildman–Crippen LogP) is 3.52. The SMILES string of the molecule is COC(=O)c1ccc(CN2C(=O)COc3ccc(-c4cscn4)cc32)cc1. The molecule has 2 heterocycles. The van der Waals surface area contributed by atoms with Gasteiger partial charge in [-0.3, -0.25) is 4.79 Å². The first-order chi connectivity index (χ1) is 13.2. The van der Waals surface area contributed by atoms with Crippen molar-refractivity contribution in [1.29, 1.82) is 0 Å². The summed E-state index contributed by atoms with van der Waals surface area (Å²) in [5, 5.41) is 1.96. The van der Waals surface area contributed by atoms with Gasteiger partial charge < -0.3 is 14.4 Å². The summed E-state index contributed by atoms with van der Waals surface area (Å²) in [6.45, 7) is 0.389. The van der Waals surface area contributed by atoms with Crippen LogP contribution >= 0.6 is 11.3 Å². The van der Waals surface area contributed by atoms with Crippen molar-refractivity contribution < 1.29 is 19.1 Å². The van der Waals surface area contributed by atoms with E-state index in [2.05, 4.69) is 4.98 Å². The molecule has 0 spiro atoms. The van der Waals surface area contributed by atoms with Crippen LogP contribution in [0.3, 0.4) is 0 Å². The van der Waals surface area contributed by atoms with Gasteiger partial charge in [-0.1, -0.05) is 12.1 Å². The average Bonchev–Trinajstić information content (AvgIpc) is 3.24. The molecule has 1 aliphatic heterocycles. The van der Waals surface area contributed by atoms with Crippen LogP contribution in [0.15, 0.2) is 53.4 Å². The monoisotopic (exact) mass is 380 g/mol. The van der Waals surface area contributed by atoms with Gasteiger partial charge >= 0.3 is 5.97 Å².